The quantitative estimate of drug-likeness (QED) is 0.784. The zero-order chi connectivity index (χ0) is 14.5. The fourth-order valence-electron chi connectivity index (χ4n) is 1.77. The highest BCUT2D eigenvalue weighted by atomic mass is 79.9. The summed E-state index contributed by atoms with van der Waals surface area (Å²) in [6.45, 7) is 0.443. The Hall–Kier alpha value is -2.08. The lowest BCUT2D eigenvalue weighted by Crippen LogP contribution is -2.25. The van der Waals surface area contributed by atoms with Crippen molar-refractivity contribution in [2.24, 2.45) is 0 Å². The van der Waals surface area contributed by atoms with Crippen LogP contribution in [0.15, 0.2) is 41.0 Å². The second kappa shape index (κ2) is 6.38. The number of halogens is 1. The normalized spacial score (nSPS) is 10.2. The van der Waals surface area contributed by atoms with Crippen LogP contribution in [0.25, 0.3) is 0 Å². The summed E-state index contributed by atoms with van der Waals surface area (Å²) in [6, 6.07) is 8.38. The fraction of sp³-hybridized carbons (Fsp3) is 0.143. The lowest BCUT2D eigenvalue weighted by Gasteiger charge is -2.05. The van der Waals surface area contributed by atoms with E-state index < -0.39 is 5.97 Å². The Bertz CT molecular complexity index is 637. The largest absolute Gasteiger partial charge is 0.478 e. The number of benzene rings is 1. The summed E-state index contributed by atoms with van der Waals surface area (Å²) >= 11 is 3.26. The van der Waals surface area contributed by atoms with Crippen molar-refractivity contribution in [1.29, 1.82) is 0 Å². The predicted molar refractivity (Wildman–Crippen MR) is 77.9 cm³/mol. The molecule has 104 valence electrons. The predicted octanol–water partition coefficient (Wildman–Crippen LogP) is 2.45. The molecule has 2 aromatic rings. The number of rotatable bonds is 5. The summed E-state index contributed by atoms with van der Waals surface area (Å²) in [5, 5.41) is 11.7. The molecule has 20 heavy (non-hydrogen) atoms. The van der Waals surface area contributed by atoms with Crippen molar-refractivity contribution in [2.75, 3.05) is 6.54 Å². The third-order valence-electron chi connectivity index (χ3n) is 2.77. The van der Waals surface area contributed by atoms with E-state index in [4.69, 9.17) is 5.11 Å². The molecule has 5 nitrogen and oxygen atoms in total. The zero-order valence-electron chi connectivity index (χ0n) is 10.5. The smallest absolute Gasteiger partial charge is 0.335 e. The number of carbonyl (C=O) groups is 2. The molecule has 0 unspecified atom stereocenters. The summed E-state index contributed by atoms with van der Waals surface area (Å²) in [6.07, 6.45) is 2.26. The third kappa shape index (κ3) is 3.71. The van der Waals surface area contributed by atoms with E-state index in [9.17, 15) is 9.59 Å². The summed E-state index contributed by atoms with van der Waals surface area (Å²) < 4.78 is 0.816. The van der Waals surface area contributed by atoms with Crippen LogP contribution >= 0.6 is 15.9 Å². The number of aromatic carboxylic acids is 1. The maximum absolute atomic E-state index is 11.8. The van der Waals surface area contributed by atoms with Crippen molar-refractivity contribution in [3.05, 3.63) is 57.8 Å². The minimum Gasteiger partial charge on any atom is -0.478 e. The minimum atomic E-state index is -0.952. The SMILES string of the molecule is O=C(O)c1cccc(CCNC(=O)c2cc(Br)c[nH]2)c1. The Labute approximate surface area is 124 Å². The third-order valence-corrected chi connectivity index (χ3v) is 3.22. The molecule has 6 heteroatoms. The van der Waals surface area contributed by atoms with Crippen LogP contribution in [-0.4, -0.2) is 28.5 Å². The van der Waals surface area contributed by atoms with Crippen molar-refractivity contribution >= 4 is 27.8 Å². The van der Waals surface area contributed by atoms with Crippen LogP contribution in [0.1, 0.15) is 26.4 Å². The first kappa shape index (κ1) is 14.3. The Morgan fingerprint density at radius 2 is 2.10 bits per heavy atom. The van der Waals surface area contributed by atoms with Crippen LogP contribution in [-0.2, 0) is 6.42 Å². The van der Waals surface area contributed by atoms with E-state index in [1.807, 2.05) is 6.07 Å². The van der Waals surface area contributed by atoms with Crippen LogP contribution < -0.4 is 5.32 Å². The number of carboxylic acid groups (broad SMARTS) is 1. The van der Waals surface area contributed by atoms with Crippen LogP contribution in [0, 0.1) is 0 Å². The minimum absolute atomic E-state index is 0.190. The summed E-state index contributed by atoms with van der Waals surface area (Å²) in [5.74, 6) is -1.14. The van der Waals surface area contributed by atoms with Gasteiger partial charge in [0.05, 0.1) is 5.56 Å². The zero-order valence-corrected chi connectivity index (χ0v) is 12.1. The molecule has 0 aliphatic heterocycles. The van der Waals surface area contributed by atoms with Crippen LogP contribution in [0.2, 0.25) is 0 Å². The standard InChI is InChI=1S/C14H13BrN2O3/c15-11-7-12(17-8-11)13(18)16-5-4-9-2-1-3-10(6-9)14(19)20/h1-3,6-8,17H,4-5H2,(H,16,18)(H,19,20). The van der Waals surface area contributed by atoms with E-state index in [0.717, 1.165) is 10.0 Å². The number of amides is 1. The second-order valence-electron chi connectivity index (χ2n) is 4.24. The van der Waals surface area contributed by atoms with Gasteiger partial charge in [0.25, 0.3) is 5.91 Å². The lowest BCUT2D eigenvalue weighted by molar-refractivity contribution is 0.0696. The molecule has 0 spiro atoms. The Kier molecular flexibility index (Phi) is 4.57. The molecule has 0 saturated carbocycles. The van der Waals surface area contributed by atoms with E-state index in [0.29, 0.717) is 18.7 Å². The van der Waals surface area contributed by atoms with Gasteiger partial charge in [0.2, 0.25) is 0 Å². The van der Waals surface area contributed by atoms with E-state index in [-0.39, 0.29) is 11.5 Å². The summed E-state index contributed by atoms with van der Waals surface area (Å²) in [5.41, 5.74) is 1.61. The number of aromatic nitrogens is 1. The molecule has 0 aliphatic rings. The highest BCUT2D eigenvalue weighted by Gasteiger charge is 2.07. The molecule has 3 N–H and O–H groups in total. The van der Waals surface area contributed by atoms with Crippen molar-refractivity contribution in [3.8, 4) is 0 Å². The Morgan fingerprint density at radius 3 is 2.75 bits per heavy atom. The molecule has 1 aromatic carbocycles. The number of aromatic amines is 1. The fourth-order valence-corrected chi connectivity index (χ4v) is 2.12. The maximum Gasteiger partial charge on any atom is 0.335 e. The number of carboxylic acids is 1. The molecule has 0 saturated heterocycles. The number of carbonyl (C=O) groups excluding carboxylic acids is 1. The van der Waals surface area contributed by atoms with Gasteiger partial charge in [-0.2, -0.15) is 0 Å². The topological polar surface area (TPSA) is 82.2 Å². The average molecular weight is 337 g/mol. The van der Waals surface area contributed by atoms with Crippen molar-refractivity contribution in [1.82, 2.24) is 10.3 Å². The molecular formula is C14H13BrN2O3. The van der Waals surface area contributed by atoms with Gasteiger partial charge < -0.3 is 15.4 Å². The van der Waals surface area contributed by atoms with E-state index in [1.54, 1.807) is 30.5 Å². The average Bonchev–Trinajstić information content (AvgIpc) is 2.86. The van der Waals surface area contributed by atoms with Crippen LogP contribution in [0.3, 0.4) is 0 Å². The number of H-pyrrole nitrogens is 1. The Balaban J connectivity index is 1.88. The van der Waals surface area contributed by atoms with Gasteiger partial charge in [-0.1, -0.05) is 12.1 Å². The molecular weight excluding hydrogens is 324 g/mol. The van der Waals surface area contributed by atoms with Crippen molar-refractivity contribution < 1.29 is 14.7 Å². The van der Waals surface area contributed by atoms with Gasteiger partial charge in [-0.15, -0.1) is 0 Å². The molecule has 0 radical (unpaired) electrons. The highest BCUT2D eigenvalue weighted by Crippen LogP contribution is 2.10. The first-order chi connectivity index (χ1) is 9.56. The molecule has 1 aromatic heterocycles. The van der Waals surface area contributed by atoms with Gasteiger partial charge in [0, 0.05) is 17.2 Å². The van der Waals surface area contributed by atoms with E-state index in [1.165, 1.54) is 0 Å². The summed E-state index contributed by atoms with van der Waals surface area (Å²) in [4.78, 5) is 25.5. The van der Waals surface area contributed by atoms with E-state index >= 15 is 0 Å². The van der Waals surface area contributed by atoms with Gasteiger partial charge >= 0.3 is 5.97 Å². The molecule has 1 heterocycles. The van der Waals surface area contributed by atoms with Crippen LogP contribution in [0.5, 0.6) is 0 Å². The first-order valence-corrected chi connectivity index (χ1v) is 6.80. The second-order valence-corrected chi connectivity index (χ2v) is 5.16. The maximum atomic E-state index is 11.8. The highest BCUT2D eigenvalue weighted by molar-refractivity contribution is 9.10. The van der Waals surface area contributed by atoms with Crippen LogP contribution in [0.4, 0.5) is 0 Å². The Morgan fingerprint density at radius 1 is 1.30 bits per heavy atom. The first-order valence-electron chi connectivity index (χ1n) is 6.00. The van der Waals surface area contributed by atoms with E-state index in [2.05, 4.69) is 26.2 Å². The molecule has 1 amide bonds. The molecule has 0 atom stereocenters. The number of nitrogens with one attached hydrogen (secondary N) is 2. The van der Waals surface area contributed by atoms with Gasteiger partial charge in [-0.3, -0.25) is 4.79 Å². The number of hydrogen-bond acceptors (Lipinski definition) is 2. The number of hydrogen-bond donors (Lipinski definition) is 3. The molecule has 0 aliphatic carbocycles. The summed E-state index contributed by atoms with van der Waals surface area (Å²) in [7, 11) is 0. The molecule has 0 fully saturated rings. The van der Waals surface area contributed by atoms with Gasteiger partial charge in [0.1, 0.15) is 5.69 Å². The van der Waals surface area contributed by atoms with Gasteiger partial charge in [0.15, 0.2) is 0 Å². The molecule has 2 rings (SSSR count). The van der Waals surface area contributed by atoms with Crippen molar-refractivity contribution in [3.63, 3.8) is 0 Å². The van der Waals surface area contributed by atoms with Gasteiger partial charge in [-0.25, -0.2) is 4.79 Å². The monoisotopic (exact) mass is 336 g/mol. The van der Waals surface area contributed by atoms with Gasteiger partial charge in [-0.05, 0) is 46.1 Å². The van der Waals surface area contributed by atoms with Crippen molar-refractivity contribution in [2.45, 2.75) is 6.42 Å². The lowest BCUT2D eigenvalue weighted by atomic mass is 10.1. The molecule has 0 bridgehead atoms.